The van der Waals surface area contributed by atoms with Crippen molar-refractivity contribution in [2.24, 2.45) is 0 Å². The highest BCUT2D eigenvalue weighted by Crippen LogP contribution is 2.36. The van der Waals surface area contributed by atoms with E-state index in [-0.39, 0.29) is 11.9 Å². The normalized spacial score (nSPS) is 16.3. The fraction of sp³-hybridized carbons (Fsp3) is 0.467. The lowest BCUT2D eigenvalue weighted by atomic mass is 10.2. The summed E-state index contributed by atoms with van der Waals surface area (Å²) in [4.78, 5) is 24.5. The van der Waals surface area contributed by atoms with Gasteiger partial charge in [-0.25, -0.2) is 4.79 Å². The van der Waals surface area contributed by atoms with E-state index < -0.39 is 11.3 Å². The average molecular weight is 361 g/mol. The van der Waals surface area contributed by atoms with Gasteiger partial charge < -0.3 is 5.32 Å². The molecule has 1 unspecified atom stereocenters. The molecule has 3 amide bonds. The summed E-state index contributed by atoms with van der Waals surface area (Å²) in [5.74, 6) is -0.364. The van der Waals surface area contributed by atoms with Crippen LogP contribution in [0.1, 0.15) is 32.6 Å². The number of carbonyl (C=O) groups is 2. The van der Waals surface area contributed by atoms with Crippen LogP contribution in [-0.2, 0) is 4.79 Å². The monoisotopic (exact) mass is 360 g/mol. The van der Waals surface area contributed by atoms with Crippen LogP contribution in [0.4, 0.5) is 4.79 Å². The molecule has 0 spiro atoms. The summed E-state index contributed by atoms with van der Waals surface area (Å²) in [5, 5.41) is 5.70. The molecule has 1 aliphatic carbocycles. The van der Waals surface area contributed by atoms with Crippen molar-refractivity contribution >= 4 is 46.9 Å². The van der Waals surface area contributed by atoms with Crippen LogP contribution in [0.25, 0.3) is 0 Å². The molecule has 1 aromatic carbocycles. The molecular weight excluding hydrogens is 343 g/mol. The zero-order valence-corrected chi connectivity index (χ0v) is 14.5. The van der Waals surface area contributed by atoms with Crippen LogP contribution in [0.5, 0.6) is 0 Å². The lowest BCUT2D eigenvalue weighted by Gasteiger charge is -2.15. The molecule has 120 valence electrons. The number of urea groups is 1. The van der Waals surface area contributed by atoms with E-state index in [1.807, 2.05) is 0 Å². The molecule has 1 aromatic rings. The molecule has 0 radical (unpaired) electrons. The largest absolute Gasteiger partial charge is 0.335 e. The van der Waals surface area contributed by atoms with E-state index in [0.717, 1.165) is 25.7 Å². The lowest BCUT2D eigenvalue weighted by molar-refractivity contribution is -0.119. The molecule has 0 saturated heterocycles. The molecule has 1 fully saturated rings. The van der Waals surface area contributed by atoms with E-state index in [2.05, 4.69) is 10.6 Å². The van der Waals surface area contributed by atoms with Gasteiger partial charge in [-0.1, -0.05) is 42.1 Å². The number of carbonyl (C=O) groups excluding carboxylic acids is 2. The summed E-state index contributed by atoms with van der Waals surface area (Å²) in [6, 6.07) is 4.91. The van der Waals surface area contributed by atoms with E-state index in [4.69, 9.17) is 23.2 Å². The summed E-state index contributed by atoms with van der Waals surface area (Å²) >= 11 is 13.4. The van der Waals surface area contributed by atoms with Crippen LogP contribution < -0.4 is 10.6 Å². The zero-order valence-electron chi connectivity index (χ0n) is 12.2. The minimum Gasteiger partial charge on any atom is -0.335 e. The summed E-state index contributed by atoms with van der Waals surface area (Å²) in [6.45, 7) is 1.71. The number of halogens is 2. The third-order valence-corrected chi connectivity index (χ3v) is 5.61. The van der Waals surface area contributed by atoms with Gasteiger partial charge in [-0.3, -0.25) is 10.1 Å². The van der Waals surface area contributed by atoms with Gasteiger partial charge in [0.25, 0.3) is 0 Å². The van der Waals surface area contributed by atoms with Gasteiger partial charge in [0.2, 0.25) is 5.91 Å². The number of hydrogen-bond acceptors (Lipinski definition) is 3. The highest BCUT2D eigenvalue weighted by atomic mass is 35.5. The van der Waals surface area contributed by atoms with E-state index in [9.17, 15) is 9.59 Å². The second-order valence-corrected chi connectivity index (χ2v) is 7.42. The van der Waals surface area contributed by atoms with Crippen LogP contribution in [0.2, 0.25) is 10.0 Å². The fourth-order valence-electron chi connectivity index (χ4n) is 2.33. The van der Waals surface area contributed by atoms with Gasteiger partial charge in [0.1, 0.15) is 0 Å². The highest BCUT2D eigenvalue weighted by Gasteiger charge is 2.22. The Balaban J connectivity index is 1.87. The SMILES string of the molecule is CC(Sc1c(Cl)cccc1Cl)C(=O)NC(=O)NC1CCCC1. The second kappa shape index (κ2) is 8.09. The minimum atomic E-state index is -0.480. The molecule has 1 atom stereocenters. The first-order valence-corrected chi connectivity index (χ1v) is 8.83. The van der Waals surface area contributed by atoms with Crippen LogP contribution in [0.3, 0.4) is 0 Å². The van der Waals surface area contributed by atoms with Gasteiger partial charge >= 0.3 is 6.03 Å². The number of hydrogen-bond donors (Lipinski definition) is 2. The molecule has 0 heterocycles. The summed E-state index contributed by atoms with van der Waals surface area (Å²) in [7, 11) is 0. The van der Waals surface area contributed by atoms with Gasteiger partial charge in [0, 0.05) is 10.9 Å². The first-order valence-electron chi connectivity index (χ1n) is 7.19. The third-order valence-electron chi connectivity index (χ3n) is 3.51. The first-order chi connectivity index (χ1) is 10.5. The van der Waals surface area contributed by atoms with Crippen LogP contribution >= 0.6 is 35.0 Å². The van der Waals surface area contributed by atoms with E-state index >= 15 is 0 Å². The first kappa shape index (κ1) is 17.4. The number of thioether (sulfide) groups is 1. The van der Waals surface area contributed by atoms with Crippen LogP contribution in [0, 0.1) is 0 Å². The van der Waals surface area contributed by atoms with Crippen molar-refractivity contribution in [1.29, 1.82) is 0 Å². The Morgan fingerprint density at radius 2 is 1.82 bits per heavy atom. The summed E-state index contributed by atoms with van der Waals surface area (Å²) < 4.78 is 0. The zero-order chi connectivity index (χ0) is 16.1. The Labute approximate surface area is 144 Å². The van der Waals surface area contributed by atoms with Crippen molar-refractivity contribution in [3.63, 3.8) is 0 Å². The topological polar surface area (TPSA) is 58.2 Å². The molecule has 1 saturated carbocycles. The Bertz CT molecular complexity index is 542. The van der Waals surface area contributed by atoms with Crippen molar-refractivity contribution in [2.75, 3.05) is 0 Å². The number of rotatable bonds is 4. The molecule has 0 aromatic heterocycles. The molecule has 4 nitrogen and oxygen atoms in total. The van der Waals surface area contributed by atoms with Crippen molar-refractivity contribution in [2.45, 2.75) is 48.8 Å². The average Bonchev–Trinajstić information content (AvgIpc) is 2.95. The molecule has 2 rings (SSSR count). The molecule has 22 heavy (non-hydrogen) atoms. The summed E-state index contributed by atoms with van der Waals surface area (Å²) in [5.41, 5.74) is 0. The number of imide groups is 1. The predicted molar refractivity (Wildman–Crippen MR) is 90.7 cm³/mol. The Morgan fingerprint density at radius 1 is 1.23 bits per heavy atom. The second-order valence-electron chi connectivity index (χ2n) is 5.25. The highest BCUT2D eigenvalue weighted by molar-refractivity contribution is 8.00. The molecular formula is C15H18Cl2N2O2S. The third kappa shape index (κ3) is 4.80. The van der Waals surface area contributed by atoms with Gasteiger partial charge in [0.15, 0.2) is 0 Å². The van der Waals surface area contributed by atoms with Crippen molar-refractivity contribution in [1.82, 2.24) is 10.6 Å². The maximum atomic E-state index is 12.1. The fourth-order valence-corrected chi connectivity index (χ4v) is 3.88. The molecule has 1 aliphatic rings. The van der Waals surface area contributed by atoms with E-state index in [0.29, 0.717) is 14.9 Å². The maximum absolute atomic E-state index is 12.1. The van der Waals surface area contributed by atoms with Crippen LogP contribution in [-0.4, -0.2) is 23.2 Å². The van der Waals surface area contributed by atoms with Crippen LogP contribution in [0.15, 0.2) is 23.1 Å². The van der Waals surface area contributed by atoms with E-state index in [1.165, 1.54) is 11.8 Å². The van der Waals surface area contributed by atoms with Crippen molar-refractivity contribution < 1.29 is 9.59 Å². The number of benzene rings is 1. The smallest absolute Gasteiger partial charge is 0.321 e. The lowest BCUT2D eigenvalue weighted by Crippen LogP contribution is -2.45. The predicted octanol–water partition coefficient (Wildman–Crippen LogP) is 4.24. The Morgan fingerprint density at radius 3 is 2.41 bits per heavy atom. The minimum absolute atomic E-state index is 0.175. The van der Waals surface area contributed by atoms with Gasteiger partial charge in [-0.2, -0.15) is 0 Å². The molecule has 2 N–H and O–H groups in total. The Kier molecular flexibility index (Phi) is 6.41. The quantitative estimate of drug-likeness (QED) is 0.789. The van der Waals surface area contributed by atoms with Crippen molar-refractivity contribution in [3.8, 4) is 0 Å². The summed E-state index contributed by atoms with van der Waals surface area (Å²) in [6.07, 6.45) is 4.19. The molecule has 7 heteroatoms. The Hall–Kier alpha value is -0.910. The van der Waals surface area contributed by atoms with Gasteiger partial charge in [-0.15, -0.1) is 11.8 Å². The molecule has 0 aliphatic heterocycles. The number of amides is 3. The maximum Gasteiger partial charge on any atom is 0.321 e. The van der Waals surface area contributed by atoms with Crippen molar-refractivity contribution in [3.05, 3.63) is 28.2 Å². The van der Waals surface area contributed by atoms with Gasteiger partial charge in [-0.05, 0) is 31.9 Å². The van der Waals surface area contributed by atoms with E-state index in [1.54, 1.807) is 25.1 Å². The number of nitrogens with one attached hydrogen (secondary N) is 2. The van der Waals surface area contributed by atoms with Gasteiger partial charge in [0.05, 0.1) is 15.3 Å². The standard InChI is InChI=1S/C15H18Cl2N2O2S/c1-9(22-13-11(16)7-4-8-12(13)17)14(20)19-15(21)18-10-5-2-3-6-10/h4,7-10H,2-3,5-6H2,1H3,(H2,18,19,20,21). The molecule has 0 bridgehead atoms.